The van der Waals surface area contributed by atoms with Crippen molar-refractivity contribution in [2.24, 2.45) is 17.8 Å². The molecule has 1 fully saturated rings. The number of hydrogen-bond acceptors (Lipinski definition) is 5. The van der Waals surface area contributed by atoms with E-state index >= 15 is 0 Å². The van der Waals surface area contributed by atoms with Crippen LogP contribution in [0.4, 0.5) is 0 Å². The minimum Gasteiger partial charge on any atom is -0.466 e. The summed E-state index contributed by atoms with van der Waals surface area (Å²) in [5.41, 5.74) is 0. The van der Waals surface area contributed by atoms with Gasteiger partial charge in [-0.25, -0.2) is 0 Å². The summed E-state index contributed by atoms with van der Waals surface area (Å²) < 4.78 is 11.3. The number of carbonyl (C=O) groups is 2. The molecule has 344 valence electrons. The summed E-state index contributed by atoms with van der Waals surface area (Å²) in [5.74, 6) is 2.41. The van der Waals surface area contributed by atoms with Crippen LogP contribution in [0.1, 0.15) is 278 Å². The maximum atomic E-state index is 12.4. The second-order valence-corrected chi connectivity index (χ2v) is 19.0. The fourth-order valence-corrected chi connectivity index (χ4v) is 9.40. The van der Waals surface area contributed by atoms with Gasteiger partial charge in [0.15, 0.2) is 0 Å². The van der Waals surface area contributed by atoms with Crippen molar-refractivity contribution < 1.29 is 19.1 Å². The predicted molar refractivity (Wildman–Crippen MR) is 252 cm³/mol. The molecule has 0 radical (unpaired) electrons. The predicted octanol–water partition coefficient (Wildman–Crippen LogP) is 16.5. The van der Waals surface area contributed by atoms with Gasteiger partial charge in [0, 0.05) is 12.8 Å². The Morgan fingerprint density at radius 2 is 0.672 bits per heavy atom. The molecule has 0 N–H and O–H groups in total. The molecule has 0 aromatic heterocycles. The summed E-state index contributed by atoms with van der Waals surface area (Å²) in [5, 5.41) is 0. The zero-order valence-electron chi connectivity index (χ0n) is 39.9. The first kappa shape index (κ1) is 54.9. The highest BCUT2D eigenvalue weighted by Gasteiger charge is 2.16. The largest absolute Gasteiger partial charge is 0.466 e. The van der Waals surface area contributed by atoms with E-state index in [1.165, 1.54) is 219 Å². The standard InChI is InChI=1S/C53H103NO4/c1-5-9-23-33-50(34-24-10-6-2)42-47-57-52(55)39-29-21-17-13-15-19-27-37-49(41-46-54-44-31-32-45-54)38-28-20-16-14-18-22-30-40-53(56)58-48-43-51(35-25-11-7-3)36-26-12-8-4/h49-51H,5-48H2,1-4H3. The number of carbonyl (C=O) groups excluding carboxylic acids is 2. The maximum Gasteiger partial charge on any atom is 0.305 e. The lowest BCUT2D eigenvalue weighted by atomic mass is 9.91. The van der Waals surface area contributed by atoms with Crippen LogP contribution in [0.15, 0.2) is 0 Å². The summed E-state index contributed by atoms with van der Waals surface area (Å²) in [6, 6.07) is 0. The minimum absolute atomic E-state index is 0.0273. The summed E-state index contributed by atoms with van der Waals surface area (Å²) in [6.07, 6.45) is 48.9. The van der Waals surface area contributed by atoms with Gasteiger partial charge < -0.3 is 14.4 Å². The third-order valence-electron chi connectivity index (χ3n) is 13.5. The quantitative estimate of drug-likeness (QED) is 0.0453. The van der Waals surface area contributed by atoms with Crippen molar-refractivity contribution >= 4 is 11.9 Å². The lowest BCUT2D eigenvalue weighted by molar-refractivity contribution is -0.145. The second-order valence-electron chi connectivity index (χ2n) is 19.0. The molecule has 58 heavy (non-hydrogen) atoms. The Labute approximate surface area is 363 Å². The number of esters is 2. The Morgan fingerprint density at radius 1 is 0.379 bits per heavy atom. The van der Waals surface area contributed by atoms with E-state index < -0.39 is 0 Å². The number of hydrogen-bond donors (Lipinski definition) is 0. The van der Waals surface area contributed by atoms with E-state index in [1.54, 1.807) is 0 Å². The van der Waals surface area contributed by atoms with Gasteiger partial charge in [0.05, 0.1) is 13.2 Å². The third-order valence-corrected chi connectivity index (χ3v) is 13.5. The molecule has 1 aliphatic rings. The van der Waals surface area contributed by atoms with Crippen LogP contribution >= 0.6 is 0 Å². The number of unbranched alkanes of at least 4 members (excludes halogenated alkanes) is 20. The molecule has 0 bridgehead atoms. The van der Waals surface area contributed by atoms with E-state index in [9.17, 15) is 9.59 Å². The van der Waals surface area contributed by atoms with E-state index in [1.807, 2.05) is 0 Å². The van der Waals surface area contributed by atoms with Crippen LogP contribution < -0.4 is 0 Å². The van der Waals surface area contributed by atoms with Crippen molar-refractivity contribution in [2.75, 3.05) is 32.8 Å². The van der Waals surface area contributed by atoms with Gasteiger partial charge in [-0.1, -0.05) is 220 Å². The van der Waals surface area contributed by atoms with Gasteiger partial charge in [0.2, 0.25) is 0 Å². The molecule has 1 heterocycles. The Balaban J connectivity index is 2.12. The van der Waals surface area contributed by atoms with E-state index in [0.717, 1.165) is 56.3 Å². The van der Waals surface area contributed by atoms with Crippen molar-refractivity contribution in [3.8, 4) is 0 Å². The highest BCUT2D eigenvalue weighted by molar-refractivity contribution is 5.69. The Morgan fingerprint density at radius 3 is 1.02 bits per heavy atom. The third kappa shape index (κ3) is 35.6. The molecule has 5 heteroatoms. The Kier molecular flexibility index (Phi) is 40.3. The van der Waals surface area contributed by atoms with Gasteiger partial charge >= 0.3 is 11.9 Å². The molecule has 0 amide bonds. The molecule has 0 spiro atoms. The van der Waals surface area contributed by atoms with Crippen molar-refractivity contribution in [2.45, 2.75) is 278 Å². The average Bonchev–Trinajstić information content (AvgIpc) is 3.75. The van der Waals surface area contributed by atoms with Crippen molar-refractivity contribution in [3.63, 3.8) is 0 Å². The van der Waals surface area contributed by atoms with Crippen LogP contribution in [-0.4, -0.2) is 49.7 Å². The van der Waals surface area contributed by atoms with Crippen LogP contribution in [0, 0.1) is 17.8 Å². The topological polar surface area (TPSA) is 55.8 Å². The molecule has 0 aromatic carbocycles. The highest BCUT2D eigenvalue weighted by Crippen LogP contribution is 2.25. The smallest absolute Gasteiger partial charge is 0.305 e. The maximum absolute atomic E-state index is 12.4. The van der Waals surface area contributed by atoms with Crippen LogP contribution in [0.25, 0.3) is 0 Å². The van der Waals surface area contributed by atoms with E-state index in [2.05, 4.69) is 32.6 Å². The van der Waals surface area contributed by atoms with Gasteiger partial charge in [0.25, 0.3) is 0 Å². The van der Waals surface area contributed by atoms with Crippen molar-refractivity contribution in [1.82, 2.24) is 4.90 Å². The molecule has 0 atom stereocenters. The van der Waals surface area contributed by atoms with E-state index in [0.29, 0.717) is 26.1 Å². The summed E-state index contributed by atoms with van der Waals surface area (Å²) in [7, 11) is 0. The van der Waals surface area contributed by atoms with Gasteiger partial charge in [-0.3, -0.25) is 9.59 Å². The zero-order valence-corrected chi connectivity index (χ0v) is 39.9. The Bertz CT molecular complexity index is 792. The lowest BCUT2D eigenvalue weighted by Gasteiger charge is -2.21. The molecule has 0 aliphatic carbocycles. The number of nitrogens with zero attached hydrogens (tertiary/aromatic N) is 1. The molecular weight excluding hydrogens is 715 g/mol. The van der Waals surface area contributed by atoms with Crippen LogP contribution in [0.3, 0.4) is 0 Å². The monoisotopic (exact) mass is 818 g/mol. The SMILES string of the molecule is CCCCCC(CCCCC)CCOC(=O)CCCCCCCCCC(CCCCCCCCCC(=O)OCCC(CCCCC)CCCCC)CCN1CCCC1. The molecule has 1 rings (SSSR count). The fourth-order valence-electron chi connectivity index (χ4n) is 9.40. The van der Waals surface area contributed by atoms with Gasteiger partial charge in [-0.05, 0) is 82.3 Å². The van der Waals surface area contributed by atoms with E-state index in [-0.39, 0.29) is 11.9 Å². The van der Waals surface area contributed by atoms with Crippen LogP contribution in [0.5, 0.6) is 0 Å². The molecule has 0 saturated carbocycles. The van der Waals surface area contributed by atoms with Crippen LogP contribution in [-0.2, 0) is 19.1 Å². The zero-order chi connectivity index (χ0) is 42.0. The first-order valence-electron chi connectivity index (χ1n) is 26.6. The lowest BCUT2D eigenvalue weighted by Crippen LogP contribution is -2.22. The van der Waals surface area contributed by atoms with Crippen molar-refractivity contribution in [1.29, 1.82) is 0 Å². The average molecular weight is 818 g/mol. The minimum atomic E-state index is 0.0273. The highest BCUT2D eigenvalue weighted by atomic mass is 16.5. The number of rotatable bonds is 45. The first-order chi connectivity index (χ1) is 28.5. The number of likely N-dealkylation sites (tertiary alicyclic amines) is 1. The fraction of sp³-hybridized carbons (Fsp3) is 0.962. The summed E-state index contributed by atoms with van der Waals surface area (Å²) in [4.78, 5) is 27.4. The molecule has 0 aromatic rings. The van der Waals surface area contributed by atoms with Gasteiger partial charge in [-0.15, -0.1) is 0 Å². The first-order valence-corrected chi connectivity index (χ1v) is 26.6. The van der Waals surface area contributed by atoms with Gasteiger partial charge in [-0.2, -0.15) is 0 Å². The molecule has 0 unspecified atom stereocenters. The Hall–Kier alpha value is -1.10. The molecular formula is C53H103NO4. The second kappa shape index (κ2) is 42.6. The van der Waals surface area contributed by atoms with Crippen LogP contribution in [0.2, 0.25) is 0 Å². The van der Waals surface area contributed by atoms with Gasteiger partial charge in [0.1, 0.15) is 0 Å². The number of ether oxygens (including phenoxy) is 2. The molecule has 1 aliphatic heterocycles. The van der Waals surface area contributed by atoms with E-state index in [4.69, 9.17) is 9.47 Å². The van der Waals surface area contributed by atoms with Crippen molar-refractivity contribution in [3.05, 3.63) is 0 Å². The molecule has 5 nitrogen and oxygen atoms in total. The normalized spacial score (nSPS) is 13.4. The summed E-state index contributed by atoms with van der Waals surface area (Å²) >= 11 is 0. The molecule has 1 saturated heterocycles. The summed E-state index contributed by atoms with van der Waals surface area (Å²) in [6.45, 7) is 14.3.